The lowest BCUT2D eigenvalue weighted by atomic mass is 9.80. The molecule has 1 aromatic carbocycles. The maximum absolute atomic E-state index is 5.36. The summed E-state index contributed by atoms with van der Waals surface area (Å²) in [6.45, 7) is 1.13. The van der Waals surface area contributed by atoms with Gasteiger partial charge in [-0.1, -0.05) is 12.8 Å². The van der Waals surface area contributed by atoms with Crippen LogP contribution in [0.3, 0.4) is 0 Å². The van der Waals surface area contributed by atoms with E-state index in [1.165, 1.54) is 43.4 Å². The van der Waals surface area contributed by atoms with Crippen molar-refractivity contribution < 1.29 is 4.74 Å². The highest BCUT2D eigenvalue weighted by Crippen LogP contribution is 2.44. The molecule has 1 fully saturated rings. The number of anilines is 1. The van der Waals surface area contributed by atoms with E-state index in [-0.39, 0.29) is 0 Å². The molecule has 1 atom stereocenters. The van der Waals surface area contributed by atoms with Gasteiger partial charge in [-0.3, -0.25) is 0 Å². The normalized spacial score (nSPS) is 24.2. The minimum absolute atomic E-state index is 0.754. The van der Waals surface area contributed by atoms with Crippen LogP contribution in [0.15, 0.2) is 18.2 Å². The van der Waals surface area contributed by atoms with Gasteiger partial charge in [-0.2, -0.15) is 0 Å². The van der Waals surface area contributed by atoms with Crippen LogP contribution in [0, 0.1) is 5.92 Å². The van der Waals surface area contributed by atoms with Crippen molar-refractivity contribution in [2.45, 2.75) is 38.0 Å². The summed E-state index contributed by atoms with van der Waals surface area (Å²) in [6, 6.07) is 6.47. The monoisotopic (exact) mass is 231 g/mol. The molecule has 2 nitrogen and oxygen atoms in total. The fourth-order valence-corrected chi connectivity index (χ4v) is 3.50. The van der Waals surface area contributed by atoms with E-state index in [0.29, 0.717) is 0 Å². The summed E-state index contributed by atoms with van der Waals surface area (Å²) < 4.78 is 5.36. The van der Waals surface area contributed by atoms with E-state index < -0.39 is 0 Å². The van der Waals surface area contributed by atoms with Crippen molar-refractivity contribution in [1.82, 2.24) is 0 Å². The predicted molar refractivity (Wildman–Crippen MR) is 70.8 cm³/mol. The second kappa shape index (κ2) is 4.59. The van der Waals surface area contributed by atoms with Crippen molar-refractivity contribution >= 4 is 5.69 Å². The number of benzene rings is 1. The number of hydrogen-bond acceptors (Lipinski definition) is 2. The zero-order valence-electron chi connectivity index (χ0n) is 10.5. The second-order valence-electron chi connectivity index (χ2n) is 5.32. The van der Waals surface area contributed by atoms with Gasteiger partial charge in [-0.15, -0.1) is 0 Å². The first-order valence-corrected chi connectivity index (χ1v) is 6.80. The third-order valence-electron chi connectivity index (χ3n) is 4.40. The predicted octanol–water partition coefficient (Wildman–Crippen LogP) is 3.78. The third kappa shape index (κ3) is 2.01. The smallest absolute Gasteiger partial charge is 0.119 e. The van der Waals surface area contributed by atoms with E-state index in [1.807, 2.05) is 0 Å². The average Bonchev–Trinajstić information content (AvgIpc) is 2.91. The molecule has 0 amide bonds. The van der Waals surface area contributed by atoms with E-state index in [2.05, 4.69) is 23.5 Å². The molecule has 92 valence electrons. The van der Waals surface area contributed by atoms with Crippen LogP contribution in [0.1, 0.15) is 43.6 Å². The highest BCUT2D eigenvalue weighted by Gasteiger charge is 2.30. The molecule has 0 bridgehead atoms. The minimum Gasteiger partial charge on any atom is -0.497 e. The van der Waals surface area contributed by atoms with Gasteiger partial charge in [0.25, 0.3) is 0 Å². The van der Waals surface area contributed by atoms with Gasteiger partial charge in [-0.05, 0) is 54.9 Å². The van der Waals surface area contributed by atoms with Crippen LogP contribution < -0.4 is 10.1 Å². The largest absolute Gasteiger partial charge is 0.497 e. The lowest BCUT2D eigenvalue weighted by Gasteiger charge is -2.31. The molecule has 1 aliphatic heterocycles. The molecular weight excluding hydrogens is 210 g/mol. The highest BCUT2D eigenvalue weighted by atomic mass is 16.5. The van der Waals surface area contributed by atoms with E-state index in [0.717, 1.165) is 24.1 Å². The molecule has 1 aliphatic carbocycles. The van der Waals surface area contributed by atoms with Crippen LogP contribution in [-0.2, 0) is 0 Å². The van der Waals surface area contributed by atoms with Gasteiger partial charge < -0.3 is 10.1 Å². The Hall–Kier alpha value is -1.18. The van der Waals surface area contributed by atoms with E-state index in [4.69, 9.17) is 4.74 Å². The Morgan fingerprint density at radius 1 is 1.18 bits per heavy atom. The zero-order chi connectivity index (χ0) is 11.7. The summed E-state index contributed by atoms with van der Waals surface area (Å²) in [7, 11) is 1.75. The topological polar surface area (TPSA) is 21.3 Å². The molecule has 1 aromatic rings. The third-order valence-corrected chi connectivity index (χ3v) is 4.40. The molecule has 0 aromatic heterocycles. The molecule has 0 saturated heterocycles. The Balaban J connectivity index is 1.93. The number of rotatable bonds is 2. The number of fused-ring (bicyclic) bond motifs is 1. The summed E-state index contributed by atoms with van der Waals surface area (Å²) in [6.07, 6.45) is 6.97. The molecule has 2 heteroatoms. The molecule has 1 saturated carbocycles. The lowest BCUT2D eigenvalue weighted by molar-refractivity contribution is 0.399. The van der Waals surface area contributed by atoms with Gasteiger partial charge >= 0.3 is 0 Å². The van der Waals surface area contributed by atoms with Crippen LogP contribution in [0.25, 0.3) is 0 Å². The first kappa shape index (κ1) is 10.9. The summed E-state index contributed by atoms with van der Waals surface area (Å²) in [5.74, 6) is 2.65. The Bertz CT molecular complexity index is 396. The van der Waals surface area contributed by atoms with Crippen LogP contribution in [0.5, 0.6) is 5.75 Å². The van der Waals surface area contributed by atoms with E-state index >= 15 is 0 Å². The van der Waals surface area contributed by atoms with Crippen molar-refractivity contribution in [3.05, 3.63) is 23.8 Å². The average molecular weight is 231 g/mol. The molecule has 1 N–H and O–H groups in total. The number of methoxy groups -OCH3 is 1. The summed E-state index contributed by atoms with van der Waals surface area (Å²) in [4.78, 5) is 0. The molecule has 3 rings (SSSR count). The van der Waals surface area contributed by atoms with Crippen molar-refractivity contribution in [3.8, 4) is 5.75 Å². The van der Waals surface area contributed by atoms with Gasteiger partial charge in [0.05, 0.1) is 7.11 Å². The number of nitrogens with one attached hydrogen (secondary N) is 1. The standard InChI is InChI=1S/C15H21NO/c1-17-12-6-7-15-14(10-12)13(8-9-16-15)11-4-2-3-5-11/h6-7,10-11,13,16H,2-5,8-9H2,1H3. The number of hydrogen-bond donors (Lipinski definition) is 1. The Morgan fingerprint density at radius 3 is 2.76 bits per heavy atom. The molecule has 0 spiro atoms. The van der Waals surface area contributed by atoms with Crippen LogP contribution >= 0.6 is 0 Å². The minimum atomic E-state index is 0.754. The fourth-order valence-electron chi connectivity index (χ4n) is 3.50. The van der Waals surface area contributed by atoms with Crippen LogP contribution in [0.2, 0.25) is 0 Å². The first-order chi connectivity index (χ1) is 8.38. The molecule has 2 aliphatic rings. The zero-order valence-corrected chi connectivity index (χ0v) is 10.5. The lowest BCUT2D eigenvalue weighted by Crippen LogP contribution is -2.21. The SMILES string of the molecule is COc1ccc2c(c1)C(C1CCCC1)CCN2. The van der Waals surface area contributed by atoms with E-state index in [1.54, 1.807) is 7.11 Å². The molecule has 0 radical (unpaired) electrons. The van der Waals surface area contributed by atoms with Crippen LogP contribution in [0.4, 0.5) is 5.69 Å². The number of ether oxygens (including phenoxy) is 1. The molecule has 17 heavy (non-hydrogen) atoms. The Labute approximate surface area is 103 Å². The van der Waals surface area contributed by atoms with Gasteiger partial charge in [0, 0.05) is 12.2 Å². The summed E-state index contributed by atoms with van der Waals surface area (Å²) >= 11 is 0. The van der Waals surface area contributed by atoms with Crippen molar-refractivity contribution in [1.29, 1.82) is 0 Å². The molecular formula is C15H21NO. The Kier molecular flexibility index (Phi) is 2.96. The maximum Gasteiger partial charge on any atom is 0.119 e. The Morgan fingerprint density at radius 2 is 2.00 bits per heavy atom. The molecule has 1 heterocycles. The van der Waals surface area contributed by atoms with Crippen molar-refractivity contribution in [3.63, 3.8) is 0 Å². The van der Waals surface area contributed by atoms with Crippen molar-refractivity contribution in [2.24, 2.45) is 5.92 Å². The second-order valence-corrected chi connectivity index (χ2v) is 5.32. The summed E-state index contributed by atoms with van der Waals surface area (Å²) in [5, 5.41) is 3.51. The van der Waals surface area contributed by atoms with Crippen molar-refractivity contribution in [2.75, 3.05) is 19.0 Å². The van der Waals surface area contributed by atoms with Crippen LogP contribution in [-0.4, -0.2) is 13.7 Å². The summed E-state index contributed by atoms with van der Waals surface area (Å²) in [5.41, 5.74) is 2.82. The van der Waals surface area contributed by atoms with E-state index in [9.17, 15) is 0 Å². The maximum atomic E-state index is 5.36. The van der Waals surface area contributed by atoms with Gasteiger partial charge in [0.15, 0.2) is 0 Å². The van der Waals surface area contributed by atoms with Gasteiger partial charge in [0.1, 0.15) is 5.75 Å². The van der Waals surface area contributed by atoms with Gasteiger partial charge in [0.2, 0.25) is 0 Å². The quantitative estimate of drug-likeness (QED) is 0.836. The first-order valence-electron chi connectivity index (χ1n) is 6.80. The highest BCUT2D eigenvalue weighted by molar-refractivity contribution is 5.57. The van der Waals surface area contributed by atoms with Gasteiger partial charge in [-0.25, -0.2) is 0 Å². The molecule has 1 unspecified atom stereocenters. The fraction of sp³-hybridized carbons (Fsp3) is 0.600.